The number of rotatable bonds is 3. The molecule has 0 spiro atoms. The van der Waals surface area contributed by atoms with Gasteiger partial charge in [-0.2, -0.15) is 11.8 Å². The smallest absolute Gasteiger partial charge is 0.267 e. The Kier molecular flexibility index (Phi) is 3.81. The van der Waals surface area contributed by atoms with Gasteiger partial charge in [-0.3, -0.25) is 9.36 Å². The predicted molar refractivity (Wildman–Crippen MR) is 54.6 cm³/mol. The zero-order chi connectivity index (χ0) is 8.97. The van der Waals surface area contributed by atoms with Gasteiger partial charge >= 0.3 is 0 Å². The van der Waals surface area contributed by atoms with Gasteiger partial charge in [0.2, 0.25) is 0 Å². The Hall–Kier alpha value is -0.290. The van der Waals surface area contributed by atoms with E-state index in [4.69, 9.17) is 0 Å². The fourth-order valence-electron chi connectivity index (χ4n) is 0.773. The number of hydrogen-bond donors (Lipinski definition) is 0. The monoisotopic (exact) mass is 248 g/mol. The van der Waals surface area contributed by atoms with Gasteiger partial charge in [0.05, 0.1) is 6.33 Å². The Morgan fingerprint density at radius 3 is 3.17 bits per heavy atom. The molecule has 1 aromatic rings. The van der Waals surface area contributed by atoms with Gasteiger partial charge in [0.1, 0.15) is 4.47 Å². The van der Waals surface area contributed by atoms with Crippen molar-refractivity contribution in [2.45, 2.75) is 6.54 Å². The number of nitrogens with zero attached hydrogens (tertiary/aromatic N) is 2. The summed E-state index contributed by atoms with van der Waals surface area (Å²) in [4.78, 5) is 15.2. The van der Waals surface area contributed by atoms with Crippen molar-refractivity contribution in [3.05, 3.63) is 27.4 Å². The molecule has 0 atom stereocenters. The zero-order valence-corrected chi connectivity index (χ0v) is 9.06. The van der Waals surface area contributed by atoms with Crippen molar-refractivity contribution in [3.63, 3.8) is 0 Å². The van der Waals surface area contributed by atoms with Crippen molar-refractivity contribution < 1.29 is 0 Å². The van der Waals surface area contributed by atoms with Crippen LogP contribution in [0.3, 0.4) is 0 Å². The normalized spacial score (nSPS) is 10.2. The van der Waals surface area contributed by atoms with Crippen LogP contribution in [0.4, 0.5) is 0 Å². The molecule has 0 N–H and O–H groups in total. The Morgan fingerprint density at radius 1 is 1.75 bits per heavy atom. The molecule has 0 saturated heterocycles. The van der Waals surface area contributed by atoms with E-state index in [1.54, 1.807) is 22.7 Å². The second-order valence-corrected chi connectivity index (χ2v) is 4.07. The lowest BCUT2D eigenvalue weighted by atomic mass is 10.6. The predicted octanol–water partition coefficient (Wildman–Crippen LogP) is 1.37. The van der Waals surface area contributed by atoms with E-state index in [-0.39, 0.29) is 5.56 Å². The van der Waals surface area contributed by atoms with E-state index in [0.717, 1.165) is 5.75 Å². The maximum absolute atomic E-state index is 11.3. The van der Waals surface area contributed by atoms with E-state index in [2.05, 4.69) is 20.9 Å². The van der Waals surface area contributed by atoms with E-state index in [0.29, 0.717) is 11.0 Å². The maximum atomic E-state index is 11.3. The molecule has 0 aromatic carbocycles. The van der Waals surface area contributed by atoms with Gasteiger partial charge in [0, 0.05) is 18.5 Å². The third-order valence-corrected chi connectivity index (χ3v) is 2.53. The van der Waals surface area contributed by atoms with Crippen LogP contribution in [-0.2, 0) is 6.54 Å². The molecular weight excluding hydrogens is 240 g/mol. The number of hydrogen-bond acceptors (Lipinski definition) is 3. The van der Waals surface area contributed by atoms with Crippen LogP contribution in [0.2, 0.25) is 0 Å². The summed E-state index contributed by atoms with van der Waals surface area (Å²) < 4.78 is 2.12. The van der Waals surface area contributed by atoms with Gasteiger partial charge < -0.3 is 0 Å². The van der Waals surface area contributed by atoms with Crippen LogP contribution < -0.4 is 5.56 Å². The molecule has 0 saturated carbocycles. The molecule has 0 aliphatic carbocycles. The highest BCUT2D eigenvalue weighted by molar-refractivity contribution is 9.10. The molecule has 3 nitrogen and oxygen atoms in total. The van der Waals surface area contributed by atoms with E-state index < -0.39 is 0 Å². The average molecular weight is 249 g/mol. The second kappa shape index (κ2) is 4.67. The van der Waals surface area contributed by atoms with Crippen LogP contribution in [0.25, 0.3) is 0 Å². The van der Waals surface area contributed by atoms with Crippen molar-refractivity contribution in [1.82, 2.24) is 9.55 Å². The molecule has 1 rings (SSSR count). The van der Waals surface area contributed by atoms with Gasteiger partial charge in [0.25, 0.3) is 5.56 Å². The van der Waals surface area contributed by atoms with Gasteiger partial charge in [0.15, 0.2) is 0 Å². The number of aromatic nitrogens is 2. The number of halogens is 1. The topological polar surface area (TPSA) is 34.9 Å². The fourth-order valence-corrected chi connectivity index (χ4v) is 1.50. The first-order chi connectivity index (χ1) is 5.75. The average Bonchev–Trinajstić information content (AvgIpc) is 2.08. The first-order valence-corrected chi connectivity index (χ1v) is 5.63. The minimum atomic E-state index is -0.0148. The second-order valence-electron chi connectivity index (χ2n) is 2.23. The lowest BCUT2D eigenvalue weighted by Gasteiger charge is -2.02. The zero-order valence-electron chi connectivity index (χ0n) is 6.66. The summed E-state index contributed by atoms with van der Waals surface area (Å²) in [6.07, 6.45) is 5.08. The van der Waals surface area contributed by atoms with Crippen molar-refractivity contribution in [2.75, 3.05) is 12.0 Å². The molecule has 5 heteroatoms. The Labute approximate surface area is 83.3 Å². The molecule has 66 valence electrons. The minimum Gasteiger partial charge on any atom is -0.297 e. The summed E-state index contributed by atoms with van der Waals surface area (Å²) in [6.45, 7) is 0.715. The third kappa shape index (κ3) is 2.35. The highest BCUT2D eigenvalue weighted by atomic mass is 79.9. The Bertz CT molecular complexity index is 313. The van der Waals surface area contributed by atoms with Crippen molar-refractivity contribution in [2.24, 2.45) is 0 Å². The quantitative estimate of drug-likeness (QED) is 0.811. The highest BCUT2D eigenvalue weighted by Gasteiger charge is 1.98. The van der Waals surface area contributed by atoms with Crippen LogP contribution in [0.5, 0.6) is 0 Å². The van der Waals surface area contributed by atoms with Crippen LogP contribution >= 0.6 is 27.7 Å². The molecule has 0 unspecified atom stereocenters. The highest BCUT2D eigenvalue weighted by Crippen LogP contribution is 1.99. The van der Waals surface area contributed by atoms with Crippen LogP contribution in [0.15, 0.2) is 21.8 Å². The summed E-state index contributed by atoms with van der Waals surface area (Å²) in [6, 6.07) is 0. The maximum Gasteiger partial charge on any atom is 0.267 e. The minimum absolute atomic E-state index is 0.0148. The number of thioether (sulfide) groups is 1. The van der Waals surface area contributed by atoms with Gasteiger partial charge in [-0.05, 0) is 22.2 Å². The Balaban J connectivity index is 2.85. The standard InChI is InChI=1S/C7H9BrN2OS/c1-12-3-2-10-5-9-4-6(8)7(10)11/h4-5H,2-3H2,1H3. The largest absolute Gasteiger partial charge is 0.297 e. The lowest BCUT2D eigenvalue weighted by Crippen LogP contribution is -2.21. The molecule has 0 aliphatic heterocycles. The SMILES string of the molecule is CSCCn1cncc(Br)c1=O. The molecule has 0 radical (unpaired) electrons. The molecular formula is C7H9BrN2OS. The van der Waals surface area contributed by atoms with E-state index in [9.17, 15) is 4.79 Å². The van der Waals surface area contributed by atoms with E-state index in [1.165, 1.54) is 6.20 Å². The molecule has 0 amide bonds. The Morgan fingerprint density at radius 2 is 2.50 bits per heavy atom. The molecule has 0 fully saturated rings. The molecule has 0 bridgehead atoms. The first-order valence-electron chi connectivity index (χ1n) is 3.44. The number of aryl methyl sites for hydroxylation is 1. The molecule has 12 heavy (non-hydrogen) atoms. The fraction of sp³-hybridized carbons (Fsp3) is 0.429. The summed E-state index contributed by atoms with van der Waals surface area (Å²) in [5.41, 5.74) is -0.0148. The summed E-state index contributed by atoms with van der Waals surface area (Å²) in [5, 5.41) is 0. The molecule has 0 aliphatic rings. The van der Waals surface area contributed by atoms with Crippen LogP contribution in [0, 0.1) is 0 Å². The van der Waals surface area contributed by atoms with Crippen molar-refractivity contribution in [1.29, 1.82) is 0 Å². The first kappa shape index (κ1) is 9.80. The van der Waals surface area contributed by atoms with Gasteiger partial charge in [-0.25, -0.2) is 4.98 Å². The third-order valence-electron chi connectivity index (χ3n) is 1.40. The summed E-state index contributed by atoms with van der Waals surface area (Å²) in [7, 11) is 0. The summed E-state index contributed by atoms with van der Waals surface area (Å²) in [5.74, 6) is 0.929. The van der Waals surface area contributed by atoms with Crippen LogP contribution in [-0.4, -0.2) is 21.6 Å². The van der Waals surface area contributed by atoms with Crippen molar-refractivity contribution in [3.8, 4) is 0 Å². The van der Waals surface area contributed by atoms with E-state index in [1.807, 2.05) is 6.26 Å². The molecule has 1 aromatic heterocycles. The molecule has 1 heterocycles. The van der Waals surface area contributed by atoms with Crippen molar-refractivity contribution >= 4 is 27.7 Å². The van der Waals surface area contributed by atoms with Gasteiger partial charge in [-0.15, -0.1) is 0 Å². The van der Waals surface area contributed by atoms with Crippen LogP contribution in [0.1, 0.15) is 0 Å². The van der Waals surface area contributed by atoms with E-state index >= 15 is 0 Å². The summed E-state index contributed by atoms with van der Waals surface area (Å²) >= 11 is 4.84. The van der Waals surface area contributed by atoms with Gasteiger partial charge in [-0.1, -0.05) is 0 Å². The lowest BCUT2D eigenvalue weighted by molar-refractivity contribution is 0.709.